The third-order valence-corrected chi connectivity index (χ3v) is 4.14. The molecule has 0 saturated carbocycles. The Kier molecular flexibility index (Phi) is 6.31. The summed E-state index contributed by atoms with van der Waals surface area (Å²) >= 11 is 4.92. The van der Waals surface area contributed by atoms with Crippen molar-refractivity contribution in [1.82, 2.24) is 14.9 Å². The van der Waals surface area contributed by atoms with Crippen LogP contribution in [0, 0.1) is 16.1 Å². The number of aromatic amines is 1. The second kappa shape index (κ2) is 9.07. The number of alkyl halides is 2. The number of rotatable bonds is 7. The molecule has 0 aliphatic carbocycles. The van der Waals surface area contributed by atoms with Crippen LogP contribution in [0.5, 0.6) is 11.5 Å². The van der Waals surface area contributed by atoms with E-state index in [9.17, 15) is 8.78 Å². The molecule has 0 aliphatic rings. The predicted octanol–water partition coefficient (Wildman–Crippen LogP) is 4.22. The third kappa shape index (κ3) is 4.83. The molecule has 29 heavy (non-hydrogen) atoms. The summed E-state index contributed by atoms with van der Waals surface area (Å²) in [6.45, 7) is 0.199. The van der Waals surface area contributed by atoms with E-state index in [0.29, 0.717) is 22.6 Å². The maximum atomic E-state index is 13.0. The Morgan fingerprint density at radius 3 is 2.72 bits per heavy atom. The molecule has 3 aromatic rings. The van der Waals surface area contributed by atoms with E-state index in [2.05, 4.69) is 15.3 Å². The molecule has 0 unspecified atom stereocenters. The first-order chi connectivity index (χ1) is 14.0. The molecule has 0 amide bonds. The van der Waals surface area contributed by atoms with Gasteiger partial charge in [-0.3, -0.25) is 0 Å². The zero-order valence-corrected chi connectivity index (χ0v) is 16.0. The molecule has 1 N–H and O–H groups in total. The molecule has 0 atom stereocenters. The number of H-pyrrole nitrogens is 1. The molecule has 10 heteroatoms. The van der Waals surface area contributed by atoms with Crippen LogP contribution in [0.2, 0.25) is 0 Å². The molecule has 0 aliphatic heterocycles. The van der Waals surface area contributed by atoms with E-state index in [4.69, 9.17) is 27.0 Å². The topological polar surface area (TPSA) is 88.2 Å². The van der Waals surface area contributed by atoms with Crippen molar-refractivity contribution in [2.75, 3.05) is 7.11 Å². The average molecular weight is 415 g/mol. The van der Waals surface area contributed by atoms with Crippen molar-refractivity contribution >= 4 is 18.4 Å². The van der Waals surface area contributed by atoms with Crippen LogP contribution in [0.25, 0.3) is 0 Å². The monoisotopic (exact) mass is 415 g/mol. The minimum atomic E-state index is -2.81. The van der Waals surface area contributed by atoms with Crippen molar-refractivity contribution in [3.63, 3.8) is 0 Å². The van der Waals surface area contributed by atoms with Gasteiger partial charge in [-0.15, -0.1) is 0 Å². The number of benzene rings is 2. The van der Waals surface area contributed by atoms with Gasteiger partial charge in [0.15, 0.2) is 0 Å². The predicted molar refractivity (Wildman–Crippen MR) is 104 cm³/mol. The second-order valence-corrected chi connectivity index (χ2v) is 6.13. The smallest absolute Gasteiger partial charge is 0.299 e. The lowest BCUT2D eigenvalue weighted by Crippen LogP contribution is -2.01. The van der Waals surface area contributed by atoms with Crippen molar-refractivity contribution in [1.29, 1.82) is 5.26 Å². The van der Waals surface area contributed by atoms with Gasteiger partial charge >= 0.3 is 0 Å². The van der Waals surface area contributed by atoms with Crippen molar-refractivity contribution < 1.29 is 18.3 Å². The van der Waals surface area contributed by atoms with E-state index in [0.717, 1.165) is 10.2 Å². The molecule has 0 radical (unpaired) electrons. The summed E-state index contributed by atoms with van der Waals surface area (Å²) in [5.41, 5.74) is 1.90. The summed E-state index contributed by atoms with van der Waals surface area (Å²) < 4.78 is 37.8. The van der Waals surface area contributed by atoms with Crippen LogP contribution in [0.4, 0.5) is 8.78 Å². The number of halogens is 2. The Bertz CT molecular complexity index is 1120. The first-order valence-electron chi connectivity index (χ1n) is 8.31. The number of hydrogen-bond donors (Lipinski definition) is 1. The number of aromatic nitrogens is 3. The summed E-state index contributed by atoms with van der Waals surface area (Å²) in [6.07, 6.45) is -1.42. The molecular formula is C19H15F2N5O2S. The van der Waals surface area contributed by atoms with Gasteiger partial charge in [-0.05, 0) is 60.2 Å². The van der Waals surface area contributed by atoms with E-state index in [1.54, 1.807) is 42.5 Å². The number of methoxy groups -OCH3 is 1. The summed E-state index contributed by atoms with van der Waals surface area (Å²) in [5, 5.41) is 18.6. The Morgan fingerprint density at radius 2 is 2.07 bits per heavy atom. The highest BCUT2D eigenvalue weighted by atomic mass is 32.1. The number of ether oxygens (including phenoxy) is 2. The lowest BCUT2D eigenvalue weighted by atomic mass is 10.1. The van der Waals surface area contributed by atoms with Crippen molar-refractivity contribution in [3.05, 3.63) is 69.8 Å². The van der Waals surface area contributed by atoms with Crippen LogP contribution in [-0.4, -0.2) is 28.2 Å². The van der Waals surface area contributed by atoms with Crippen molar-refractivity contribution in [2.24, 2.45) is 5.10 Å². The Morgan fingerprint density at radius 1 is 1.31 bits per heavy atom. The van der Waals surface area contributed by atoms with Crippen LogP contribution < -0.4 is 9.47 Å². The quantitative estimate of drug-likeness (QED) is 0.461. The molecule has 0 spiro atoms. The van der Waals surface area contributed by atoms with Gasteiger partial charge < -0.3 is 9.47 Å². The lowest BCUT2D eigenvalue weighted by molar-refractivity contribution is 0.136. The van der Waals surface area contributed by atoms with Crippen molar-refractivity contribution in [3.8, 4) is 17.6 Å². The Balaban J connectivity index is 1.80. The highest BCUT2D eigenvalue weighted by molar-refractivity contribution is 7.71. The molecular weight excluding hydrogens is 400 g/mol. The van der Waals surface area contributed by atoms with E-state index in [-0.39, 0.29) is 11.4 Å². The maximum Gasteiger partial charge on any atom is 0.299 e. The van der Waals surface area contributed by atoms with E-state index < -0.39 is 12.2 Å². The van der Waals surface area contributed by atoms with E-state index >= 15 is 0 Å². The summed E-state index contributed by atoms with van der Waals surface area (Å²) in [7, 11) is 1.54. The minimum Gasteiger partial charge on any atom is -0.496 e. The van der Waals surface area contributed by atoms with Gasteiger partial charge in [-0.2, -0.15) is 20.1 Å². The molecule has 1 aromatic heterocycles. The SMILES string of the molecule is COc1ccc(/C=N/n2c(C(F)F)n[nH]c2=S)cc1COc1ccc(C#N)cc1. The van der Waals surface area contributed by atoms with Crippen LogP contribution in [0.3, 0.4) is 0 Å². The summed E-state index contributed by atoms with van der Waals surface area (Å²) in [6, 6.07) is 14.0. The van der Waals surface area contributed by atoms with Gasteiger partial charge in [0.1, 0.15) is 18.1 Å². The average Bonchev–Trinajstić information content (AvgIpc) is 3.11. The third-order valence-electron chi connectivity index (χ3n) is 3.88. The molecule has 1 heterocycles. The molecule has 3 rings (SSSR count). The Hall–Kier alpha value is -3.58. The fourth-order valence-electron chi connectivity index (χ4n) is 2.46. The maximum absolute atomic E-state index is 13.0. The normalized spacial score (nSPS) is 11.0. The molecule has 7 nitrogen and oxygen atoms in total. The minimum absolute atomic E-state index is 0.0329. The fourth-order valence-corrected chi connectivity index (χ4v) is 2.65. The summed E-state index contributed by atoms with van der Waals surface area (Å²) in [4.78, 5) is 0. The zero-order valence-electron chi connectivity index (χ0n) is 15.2. The fraction of sp³-hybridized carbons (Fsp3) is 0.158. The van der Waals surface area contributed by atoms with Crippen molar-refractivity contribution in [2.45, 2.75) is 13.0 Å². The standard InChI is InChI=1S/C19H15F2N5O2S/c1-27-16-7-4-13(10-23-26-18(17(20)21)24-25-19(26)29)8-14(16)11-28-15-5-2-12(9-22)3-6-15/h2-8,10,17H,11H2,1H3,(H,25,29)/b23-10+. The molecule has 2 aromatic carbocycles. The van der Waals surface area contributed by atoms with Crippen LogP contribution in [0.1, 0.15) is 28.9 Å². The first kappa shape index (κ1) is 20.2. The van der Waals surface area contributed by atoms with Crippen LogP contribution >= 0.6 is 12.2 Å². The Labute approximate surface area is 169 Å². The van der Waals surface area contributed by atoms with Gasteiger partial charge in [0.25, 0.3) is 6.43 Å². The van der Waals surface area contributed by atoms with Gasteiger partial charge in [-0.1, -0.05) is 0 Å². The molecule has 0 fully saturated rings. The number of nitrogens with one attached hydrogen (secondary N) is 1. The van der Waals surface area contributed by atoms with Gasteiger partial charge in [0, 0.05) is 5.56 Å². The molecule has 148 valence electrons. The highest BCUT2D eigenvalue weighted by Gasteiger charge is 2.16. The second-order valence-electron chi connectivity index (χ2n) is 5.74. The van der Waals surface area contributed by atoms with E-state index in [1.807, 2.05) is 6.07 Å². The first-order valence-corrected chi connectivity index (χ1v) is 8.72. The number of nitrogens with zero attached hydrogens (tertiary/aromatic N) is 4. The number of nitriles is 1. The molecule has 0 saturated heterocycles. The zero-order chi connectivity index (χ0) is 20.8. The van der Waals surface area contributed by atoms with Crippen LogP contribution in [-0.2, 0) is 6.61 Å². The van der Waals surface area contributed by atoms with Gasteiger partial charge in [0.05, 0.1) is 25.0 Å². The highest BCUT2D eigenvalue weighted by Crippen LogP contribution is 2.22. The van der Waals surface area contributed by atoms with Gasteiger partial charge in [0.2, 0.25) is 10.6 Å². The number of hydrogen-bond acceptors (Lipinski definition) is 6. The van der Waals surface area contributed by atoms with Crippen LogP contribution in [0.15, 0.2) is 47.6 Å². The lowest BCUT2D eigenvalue weighted by Gasteiger charge is -2.11. The van der Waals surface area contributed by atoms with Gasteiger partial charge in [-0.25, -0.2) is 13.9 Å². The molecule has 0 bridgehead atoms. The summed E-state index contributed by atoms with van der Waals surface area (Å²) in [5.74, 6) is 0.629. The largest absolute Gasteiger partial charge is 0.496 e. The van der Waals surface area contributed by atoms with E-state index in [1.165, 1.54) is 13.3 Å².